The highest BCUT2D eigenvalue weighted by Crippen LogP contribution is 2.35. The van der Waals surface area contributed by atoms with Gasteiger partial charge >= 0.3 is 6.03 Å². The number of carbonyl (C=O) groups excluding carboxylic acids is 1. The van der Waals surface area contributed by atoms with Gasteiger partial charge in [0.25, 0.3) is 0 Å². The number of nitrogens with zero attached hydrogens (tertiary/aromatic N) is 3. The van der Waals surface area contributed by atoms with Crippen LogP contribution in [0.3, 0.4) is 0 Å². The quantitative estimate of drug-likeness (QED) is 0.564. The number of H-pyrrole nitrogens is 1. The molecule has 8 heteroatoms. The molecule has 3 aliphatic rings. The van der Waals surface area contributed by atoms with Crippen molar-refractivity contribution in [3.8, 4) is 11.1 Å². The Morgan fingerprint density at radius 3 is 2.84 bits per heavy atom. The van der Waals surface area contributed by atoms with E-state index in [1.165, 1.54) is 33.2 Å². The van der Waals surface area contributed by atoms with Crippen LogP contribution in [0.25, 0.3) is 22.2 Å². The number of ether oxygens (including phenoxy) is 2. The zero-order chi connectivity index (χ0) is 25.6. The van der Waals surface area contributed by atoms with Crippen molar-refractivity contribution >= 4 is 17.1 Å². The van der Waals surface area contributed by atoms with Gasteiger partial charge in [-0.05, 0) is 66.6 Å². The minimum absolute atomic E-state index is 0.104. The van der Waals surface area contributed by atoms with E-state index in [-0.39, 0.29) is 17.6 Å². The lowest BCUT2D eigenvalue weighted by Crippen LogP contribution is -2.59. The molecule has 5 heterocycles. The highest BCUT2D eigenvalue weighted by molar-refractivity contribution is 5.85. The number of hydrogen-bond acceptors (Lipinski definition) is 5. The summed E-state index contributed by atoms with van der Waals surface area (Å²) in [6.07, 6.45) is 5.83. The van der Waals surface area contributed by atoms with Gasteiger partial charge in [0.15, 0.2) is 0 Å². The molecule has 0 aliphatic carbocycles. The van der Waals surface area contributed by atoms with Crippen molar-refractivity contribution in [3.05, 3.63) is 52.8 Å². The van der Waals surface area contributed by atoms with Crippen LogP contribution in [0.2, 0.25) is 0 Å². The van der Waals surface area contributed by atoms with Crippen molar-refractivity contribution in [2.75, 3.05) is 46.1 Å². The molecule has 8 nitrogen and oxygen atoms in total. The lowest BCUT2D eigenvalue weighted by atomic mass is 9.87. The highest BCUT2D eigenvalue weighted by Gasteiger charge is 2.38. The molecule has 1 unspecified atom stereocenters. The molecule has 2 amide bonds. The van der Waals surface area contributed by atoms with E-state index >= 15 is 0 Å². The second kappa shape index (κ2) is 9.74. The molecule has 3 aliphatic heterocycles. The van der Waals surface area contributed by atoms with Crippen LogP contribution in [0.15, 0.2) is 30.6 Å². The van der Waals surface area contributed by atoms with E-state index in [2.05, 4.69) is 55.5 Å². The molecule has 2 fully saturated rings. The van der Waals surface area contributed by atoms with Gasteiger partial charge in [-0.1, -0.05) is 13.0 Å². The molecule has 37 heavy (non-hydrogen) atoms. The first-order chi connectivity index (χ1) is 17.9. The molecule has 3 aromatic rings. The van der Waals surface area contributed by atoms with Gasteiger partial charge in [-0.3, -0.25) is 0 Å². The van der Waals surface area contributed by atoms with E-state index in [1.54, 1.807) is 0 Å². The number of aromatic amines is 1. The summed E-state index contributed by atoms with van der Waals surface area (Å²) in [4.78, 5) is 25.7. The molecule has 0 bridgehead atoms. The Bertz CT molecular complexity index is 1310. The van der Waals surface area contributed by atoms with Gasteiger partial charge in [0.1, 0.15) is 5.65 Å². The lowest BCUT2D eigenvalue weighted by molar-refractivity contribution is -0.0358. The summed E-state index contributed by atoms with van der Waals surface area (Å²) in [5.74, 6) is 0. The van der Waals surface area contributed by atoms with E-state index in [0.29, 0.717) is 39.5 Å². The van der Waals surface area contributed by atoms with E-state index < -0.39 is 0 Å². The Hall–Kier alpha value is -2.94. The fourth-order valence-corrected chi connectivity index (χ4v) is 6.00. The molecule has 2 saturated heterocycles. The van der Waals surface area contributed by atoms with E-state index in [4.69, 9.17) is 14.5 Å². The number of hydrogen-bond donors (Lipinski definition) is 2. The minimum Gasteiger partial charge on any atom is -0.378 e. The minimum atomic E-state index is -0.303. The molecule has 2 aromatic heterocycles. The van der Waals surface area contributed by atoms with Gasteiger partial charge in [-0.15, -0.1) is 0 Å². The number of aromatic nitrogens is 2. The van der Waals surface area contributed by atoms with Crippen LogP contribution in [0.4, 0.5) is 4.79 Å². The number of aryl methyl sites for hydroxylation is 1. The summed E-state index contributed by atoms with van der Waals surface area (Å²) in [7, 11) is 0. The van der Waals surface area contributed by atoms with Crippen molar-refractivity contribution in [1.82, 2.24) is 25.1 Å². The summed E-state index contributed by atoms with van der Waals surface area (Å²) in [5.41, 5.74) is 8.01. The molecule has 0 radical (unpaired) electrons. The molecule has 6 rings (SSSR count). The number of urea groups is 1. The zero-order valence-electron chi connectivity index (χ0n) is 22.1. The molecule has 1 aromatic carbocycles. The van der Waals surface area contributed by atoms with E-state index in [0.717, 1.165) is 37.2 Å². The van der Waals surface area contributed by atoms with Crippen molar-refractivity contribution in [2.24, 2.45) is 0 Å². The number of nitrogens with one attached hydrogen (secondary N) is 2. The Labute approximate surface area is 218 Å². The van der Waals surface area contributed by atoms with Crippen molar-refractivity contribution in [3.63, 3.8) is 0 Å². The van der Waals surface area contributed by atoms with Crippen LogP contribution in [0, 0.1) is 0 Å². The maximum atomic E-state index is 13.7. The van der Waals surface area contributed by atoms with Crippen LogP contribution < -0.4 is 5.32 Å². The van der Waals surface area contributed by atoms with Crippen molar-refractivity contribution < 1.29 is 14.3 Å². The molecule has 0 spiro atoms. The summed E-state index contributed by atoms with van der Waals surface area (Å²) in [6.45, 7) is 11.7. The van der Waals surface area contributed by atoms with Gasteiger partial charge in [0.2, 0.25) is 0 Å². The van der Waals surface area contributed by atoms with E-state index in [1.807, 2.05) is 16.0 Å². The number of morpholine rings is 2. The summed E-state index contributed by atoms with van der Waals surface area (Å²) >= 11 is 0. The number of amides is 2. The first-order valence-electron chi connectivity index (χ1n) is 13.5. The number of rotatable bonds is 3. The molecular weight excluding hydrogens is 466 g/mol. The average Bonchev–Trinajstić information content (AvgIpc) is 3.34. The van der Waals surface area contributed by atoms with Crippen molar-refractivity contribution in [1.29, 1.82) is 0 Å². The topological polar surface area (TPSA) is 82.7 Å². The lowest BCUT2D eigenvalue weighted by Gasteiger charge is -2.45. The van der Waals surface area contributed by atoms with Gasteiger partial charge in [0, 0.05) is 49.5 Å². The van der Waals surface area contributed by atoms with Gasteiger partial charge in [-0.25, -0.2) is 9.78 Å². The Balaban J connectivity index is 1.37. The predicted molar refractivity (Wildman–Crippen MR) is 144 cm³/mol. The first-order valence-corrected chi connectivity index (χ1v) is 13.5. The number of fused-ring (bicyclic) bond motifs is 2. The fourth-order valence-electron chi connectivity index (χ4n) is 6.00. The predicted octanol–water partition coefficient (Wildman–Crippen LogP) is 4.04. The van der Waals surface area contributed by atoms with Crippen LogP contribution in [-0.2, 0) is 28.9 Å². The number of carbonyl (C=O) groups is 1. The fraction of sp³-hybridized carbons (Fsp3) is 0.517. The van der Waals surface area contributed by atoms with Crippen LogP contribution >= 0.6 is 0 Å². The summed E-state index contributed by atoms with van der Waals surface area (Å²) < 4.78 is 11.5. The Kier molecular flexibility index (Phi) is 6.42. The van der Waals surface area contributed by atoms with Gasteiger partial charge in [0.05, 0.1) is 38.0 Å². The normalized spacial score (nSPS) is 21.8. The largest absolute Gasteiger partial charge is 0.378 e. The molecule has 2 N–H and O–H groups in total. The Morgan fingerprint density at radius 1 is 1.16 bits per heavy atom. The molecule has 196 valence electrons. The average molecular weight is 504 g/mol. The van der Waals surface area contributed by atoms with Crippen molar-refractivity contribution in [2.45, 2.75) is 51.7 Å². The molecular formula is C29H37N5O3. The molecule has 0 saturated carbocycles. The zero-order valence-corrected chi connectivity index (χ0v) is 22.1. The van der Waals surface area contributed by atoms with Gasteiger partial charge in [-0.2, -0.15) is 0 Å². The standard InChI is InChI=1S/C29H37N5O3/c1-4-19-14-31-27-23(19)13-22(15-32-27)21-11-20-5-7-33(28(35)34-8-10-37-18-29(34,2)3)16-25(20)24(12-21)26-17-36-9-6-30-26/h11-15,26,30H,4-10,16-18H2,1-3H3,(H,31,32). The van der Waals surface area contributed by atoms with Crippen LogP contribution in [0.1, 0.15) is 49.1 Å². The van der Waals surface area contributed by atoms with Crippen LogP contribution in [0.5, 0.6) is 0 Å². The number of benzene rings is 1. The third-order valence-corrected chi connectivity index (χ3v) is 8.15. The third kappa shape index (κ3) is 4.51. The SMILES string of the molecule is CCc1c[nH]c2ncc(-c3cc4c(c(C5COCCN5)c3)CN(C(=O)N3CCOCC3(C)C)CC4)cc12. The summed E-state index contributed by atoms with van der Waals surface area (Å²) in [5, 5.41) is 4.84. The summed E-state index contributed by atoms with van der Waals surface area (Å²) in [6, 6.07) is 7.07. The molecule has 1 atom stereocenters. The Morgan fingerprint density at radius 2 is 2.05 bits per heavy atom. The second-order valence-corrected chi connectivity index (χ2v) is 11.0. The highest BCUT2D eigenvalue weighted by atomic mass is 16.5. The smallest absolute Gasteiger partial charge is 0.320 e. The monoisotopic (exact) mass is 503 g/mol. The van der Waals surface area contributed by atoms with Gasteiger partial charge < -0.3 is 29.6 Å². The van der Waals surface area contributed by atoms with E-state index in [9.17, 15) is 4.79 Å². The second-order valence-electron chi connectivity index (χ2n) is 11.0. The number of pyridine rings is 1. The first kappa shape index (κ1) is 24.4. The van der Waals surface area contributed by atoms with Crippen LogP contribution in [-0.4, -0.2) is 77.4 Å². The third-order valence-electron chi connectivity index (χ3n) is 8.15. The maximum absolute atomic E-state index is 13.7. The maximum Gasteiger partial charge on any atom is 0.320 e.